The van der Waals surface area contributed by atoms with E-state index < -0.39 is 10.0 Å². The number of para-hydroxylation sites is 1. The Balaban J connectivity index is 1.55. The molecule has 0 aliphatic carbocycles. The van der Waals surface area contributed by atoms with Gasteiger partial charge in [-0.3, -0.25) is 14.7 Å². The molecule has 0 fully saturated rings. The Morgan fingerprint density at radius 3 is 2.47 bits per heavy atom. The molecule has 0 unspecified atom stereocenters. The molecule has 2 aromatic heterocycles. The van der Waals surface area contributed by atoms with Crippen LogP contribution < -0.4 is 9.46 Å². The van der Waals surface area contributed by atoms with E-state index >= 15 is 0 Å². The molecule has 1 N–H and O–H groups in total. The molecule has 3 aromatic carbocycles. The van der Waals surface area contributed by atoms with Gasteiger partial charge in [0.25, 0.3) is 10.0 Å². The van der Waals surface area contributed by atoms with Gasteiger partial charge in [-0.2, -0.15) is 0 Å². The summed E-state index contributed by atoms with van der Waals surface area (Å²) in [5, 5.41) is 2.59. The van der Waals surface area contributed by atoms with Crippen LogP contribution in [0.5, 0.6) is 5.75 Å². The van der Waals surface area contributed by atoms with Gasteiger partial charge in [-0.25, -0.2) is 8.42 Å². The van der Waals surface area contributed by atoms with Crippen LogP contribution in [0.1, 0.15) is 11.1 Å². The highest BCUT2D eigenvalue weighted by Crippen LogP contribution is 2.30. The molecule has 5 rings (SSSR count). The molecule has 5 aromatic rings. The Bertz CT molecular complexity index is 1700. The molecule has 34 heavy (non-hydrogen) atoms. The van der Waals surface area contributed by atoms with Crippen molar-refractivity contribution < 1.29 is 13.2 Å². The van der Waals surface area contributed by atoms with Crippen LogP contribution in [-0.4, -0.2) is 25.5 Å². The molecular formula is C27H19N3O3S. The molecular weight excluding hydrogens is 446 g/mol. The van der Waals surface area contributed by atoms with Crippen molar-refractivity contribution in [2.45, 2.75) is 4.90 Å². The fourth-order valence-electron chi connectivity index (χ4n) is 3.75. The lowest BCUT2D eigenvalue weighted by Gasteiger charge is -2.13. The fraction of sp³-hybridized carbons (Fsp3) is 0.0370. The van der Waals surface area contributed by atoms with Crippen LogP contribution in [0.15, 0.2) is 96.3 Å². The molecule has 0 saturated heterocycles. The van der Waals surface area contributed by atoms with Crippen LogP contribution in [0.4, 0.5) is 5.69 Å². The number of fused-ring (bicyclic) bond motifs is 2. The number of methoxy groups -OCH3 is 1. The van der Waals surface area contributed by atoms with Crippen molar-refractivity contribution in [3.05, 3.63) is 103 Å². The number of benzene rings is 3. The van der Waals surface area contributed by atoms with Gasteiger partial charge in [0.2, 0.25) is 0 Å². The number of pyridine rings is 2. The number of nitrogens with one attached hydrogen (secondary N) is 1. The number of rotatable bonds is 4. The van der Waals surface area contributed by atoms with E-state index in [1.807, 2.05) is 30.3 Å². The predicted octanol–water partition coefficient (Wildman–Crippen LogP) is 4.99. The van der Waals surface area contributed by atoms with Gasteiger partial charge in [-0.15, -0.1) is 0 Å². The highest BCUT2D eigenvalue weighted by atomic mass is 32.2. The van der Waals surface area contributed by atoms with Crippen LogP contribution in [0.2, 0.25) is 0 Å². The quantitative estimate of drug-likeness (QED) is 0.378. The summed E-state index contributed by atoms with van der Waals surface area (Å²) >= 11 is 0. The summed E-state index contributed by atoms with van der Waals surface area (Å²) in [4.78, 5) is 8.61. The number of hydrogen-bond acceptors (Lipinski definition) is 5. The van der Waals surface area contributed by atoms with E-state index in [4.69, 9.17) is 4.74 Å². The smallest absolute Gasteiger partial charge is 0.264 e. The largest absolute Gasteiger partial charge is 0.496 e. The van der Waals surface area contributed by atoms with E-state index in [1.54, 1.807) is 55.0 Å². The van der Waals surface area contributed by atoms with Gasteiger partial charge in [0.05, 0.1) is 23.9 Å². The number of ether oxygens (including phenoxy) is 1. The van der Waals surface area contributed by atoms with Gasteiger partial charge < -0.3 is 4.74 Å². The Hall–Kier alpha value is -4.41. The van der Waals surface area contributed by atoms with E-state index in [1.165, 1.54) is 13.2 Å². The normalized spacial score (nSPS) is 11.1. The summed E-state index contributed by atoms with van der Waals surface area (Å²) in [5.41, 5.74) is 2.02. The van der Waals surface area contributed by atoms with Crippen LogP contribution in [-0.2, 0) is 10.0 Å². The van der Waals surface area contributed by atoms with Crippen LogP contribution in [0.25, 0.3) is 21.7 Å². The van der Waals surface area contributed by atoms with E-state index in [0.29, 0.717) is 27.9 Å². The van der Waals surface area contributed by atoms with Gasteiger partial charge in [0.1, 0.15) is 10.6 Å². The van der Waals surface area contributed by atoms with Crippen molar-refractivity contribution >= 4 is 37.4 Å². The minimum absolute atomic E-state index is 0.0601. The third kappa shape index (κ3) is 4.03. The highest BCUT2D eigenvalue weighted by Gasteiger charge is 2.21. The topological polar surface area (TPSA) is 81.2 Å². The molecule has 0 aliphatic heterocycles. The van der Waals surface area contributed by atoms with Crippen LogP contribution in [0, 0.1) is 11.8 Å². The molecule has 2 heterocycles. The molecule has 0 aliphatic rings. The van der Waals surface area contributed by atoms with Crippen molar-refractivity contribution in [1.82, 2.24) is 9.97 Å². The lowest BCUT2D eigenvalue weighted by atomic mass is 10.1. The Labute approximate surface area is 197 Å². The maximum atomic E-state index is 13.4. The fourth-order valence-corrected chi connectivity index (χ4v) is 4.99. The Morgan fingerprint density at radius 1 is 0.824 bits per heavy atom. The van der Waals surface area contributed by atoms with Gasteiger partial charge in [0, 0.05) is 40.3 Å². The first-order chi connectivity index (χ1) is 16.6. The number of nitrogens with zero attached hydrogens (tertiary/aromatic N) is 2. The second-order valence-electron chi connectivity index (χ2n) is 7.47. The summed E-state index contributed by atoms with van der Waals surface area (Å²) in [5.74, 6) is 6.79. The van der Waals surface area contributed by atoms with E-state index in [-0.39, 0.29) is 4.90 Å². The van der Waals surface area contributed by atoms with Crippen LogP contribution >= 0.6 is 0 Å². The van der Waals surface area contributed by atoms with E-state index in [0.717, 1.165) is 16.3 Å². The zero-order valence-corrected chi connectivity index (χ0v) is 19.0. The predicted molar refractivity (Wildman–Crippen MR) is 133 cm³/mol. The molecule has 7 heteroatoms. The van der Waals surface area contributed by atoms with Crippen LogP contribution in [0.3, 0.4) is 0 Å². The van der Waals surface area contributed by atoms with Crippen molar-refractivity contribution in [2.24, 2.45) is 0 Å². The zero-order chi connectivity index (χ0) is 23.5. The SMILES string of the molecule is COc1ccc(S(=O)(=O)Nc2ccccc2C#Cc2cncc3ccccc23)c2ncccc12. The van der Waals surface area contributed by atoms with Gasteiger partial charge in [-0.05, 0) is 36.4 Å². The lowest BCUT2D eigenvalue weighted by molar-refractivity contribution is 0.419. The summed E-state index contributed by atoms with van der Waals surface area (Å²) < 4.78 is 34.8. The molecule has 0 saturated carbocycles. The summed E-state index contributed by atoms with van der Waals surface area (Å²) in [6.45, 7) is 0. The minimum Gasteiger partial charge on any atom is -0.496 e. The molecule has 0 radical (unpaired) electrons. The second kappa shape index (κ2) is 8.85. The maximum absolute atomic E-state index is 13.4. The lowest BCUT2D eigenvalue weighted by Crippen LogP contribution is -2.14. The monoisotopic (exact) mass is 465 g/mol. The second-order valence-corrected chi connectivity index (χ2v) is 9.13. The molecule has 0 atom stereocenters. The number of aromatic nitrogens is 2. The first-order valence-corrected chi connectivity index (χ1v) is 11.9. The molecule has 0 bridgehead atoms. The first-order valence-electron chi connectivity index (χ1n) is 10.5. The molecule has 0 spiro atoms. The van der Waals surface area contributed by atoms with Crippen molar-refractivity contribution in [3.63, 3.8) is 0 Å². The van der Waals surface area contributed by atoms with Gasteiger partial charge in [0.15, 0.2) is 0 Å². The van der Waals surface area contributed by atoms with Crippen molar-refractivity contribution in [1.29, 1.82) is 0 Å². The van der Waals surface area contributed by atoms with Crippen molar-refractivity contribution in [2.75, 3.05) is 11.8 Å². The van der Waals surface area contributed by atoms with Gasteiger partial charge in [-0.1, -0.05) is 48.2 Å². The number of hydrogen-bond donors (Lipinski definition) is 1. The molecule has 6 nitrogen and oxygen atoms in total. The summed E-state index contributed by atoms with van der Waals surface area (Å²) in [6.07, 6.45) is 5.05. The van der Waals surface area contributed by atoms with Crippen molar-refractivity contribution in [3.8, 4) is 17.6 Å². The number of sulfonamides is 1. The highest BCUT2D eigenvalue weighted by molar-refractivity contribution is 7.93. The third-order valence-corrected chi connectivity index (χ3v) is 6.77. The molecule has 0 amide bonds. The summed E-state index contributed by atoms with van der Waals surface area (Å²) in [6, 6.07) is 21.5. The zero-order valence-electron chi connectivity index (χ0n) is 18.2. The maximum Gasteiger partial charge on any atom is 0.264 e. The van der Waals surface area contributed by atoms with Gasteiger partial charge >= 0.3 is 0 Å². The van der Waals surface area contributed by atoms with E-state index in [9.17, 15) is 8.42 Å². The first kappa shape index (κ1) is 21.4. The summed E-state index contributed by atoms with van der Waals surface area (Å²) in [7, 11) is -2.42. The Morgan fingerprint density at radius 2 is 1.59 bits per heavy atom. The minimum atomic E-state index is -3.95. The van der Waals surface area contributed by atoms with E-state index in [2.05, 4.69) is 26.5 Å². The standard InChI is InChI=1S/C27H19N3O3S/c1-33-25-14-15-26(27-23(25)10-6-16-29-27)34(31,32)30-24-11-5-3-7-19(24)12-13-21-18-28-17-20-8-2-4-9-22(20)21/h2-11,14-18,30H,1H3. The average molecular weight is 466 g/mol. The average Bonchev–Trinajstić information content (AvgIpc) is 2.87. The molecule has 166 valence electrons. The third-order valence-electron chi connectivity index (χ3n) is 5.37. The Kier molecular flexibility index (Phi) is 5.58. The number of anilines is 1.